The van der Waals surface area contributed by atoms with Crippen LogP contribution in [0.25, 0.3) is 6.08 Å². The molecule has 1 aliphatic rings. The van der Waals surface area contributed by atoms with Crippen LogP contribution in [0.15, 0.2) is 41.3 Å². The average Bonchev–Trinajstić information content (AvgIpc) is 3.03. The first-order valence-corrected chi connectivity index (χ1v) is 11.1. The molecule has 10 heteroatoms. The van der Waals surface area contributed by atoms with Crippen LogP contribution in [0.2, 0.25) is 5.02 Å². The molecule has 0 atom stereocenters. The number of anilines is 1. The molecule has 2 aromatic carbocycles. The molecule has 1 saturated heterocycles. The van der Waals surface area contributed by atoms with Gasteiger partial charge in [0.1, 0.15) is 12.3 Å². The van der Waals surface area contributed by atoms with Crippen molar-refractivity contribution in [1.29, 1.82) is 0 Å². The second kappa shape index (κ2) is 10.5. The number of methoxy groups -OCH3 is 1. The summed E-state index contributed by atoms with van der Waals surface area (Å²) in [6, 6.07) is 9.73. The van der Waals surface area contributed by atoms with E-state index in [-0.39, 0.29) is 27.8 Å². The van der Waals surface area contributed by atoms with E-state index in [0.29, 0.717) is 11.3 Å². The molecule has 1 fully saturated rings. The van der Waals surface area contributed by atoms with Crippen molar-refractivity contribution in [3.63, 3.8) is 0 Å². The molecule has 0 spiro atoms. The first-order valence-electron chi connectivity index (χ1n) is 9.90. The number of amides is 3. The highest BCUT2D eigenvalue weighted by atomic mass is 35.5. The lowest BCUT2D eigenvalue weighted by atomic mass is 10.1. The Hall–Kier alpha value is -3.30. The molecular formula is C23H21ClN2O6S. The van der Waals surface area contributed by atoms with Gasteiger partial charge < -0.3 is 14.8 Å². The van der Waals surface area contributed by atoms with E-state index in [4.69, 9.17) is 21.1 Å². The van der Waals surface area contributed by atoms with E-state index in [2.05, 4.69) is 5.32 Å². The zero-order valence-corrected chi connectivity index (χ0v) is 19.7. The molecule has 33 heavy (non-hydrogen) atoms. The molecule has 2 aromatic rings. The highest BCUT2D eigenvalue weighted by molar-refractivity contribution is 8.18. The smallest absolute Gasteiger partial charge is 0.339 e. The van der Waals surface area contributed by atoms with Crippen molar-refractivity contribution in [2.75, 3.05) is 25.6 Å². The van der Waals surface area contributed by atoms with E-state index in [9.17, 15) is 19.2 Å². The van der Waals surface area contributed by atoms with Gasteiger partial charge in [-0.2, -0.15) is 0 Å². The number of nitrogens with one attached hydrogen (secondary N) is 1. The van der Waals surface area contributed by atoms with E-state index < -0.39 is 29.6 Å². The minimum absolute atomic E-state index is 0.0962. The number of carbonyl (C=O) groups is 4. The molecule has 3 amide bonds. The molecule has 0 bridgehead atoms. The normalized spacial score (nSPS) is 14.5. The number of hydrogen-bond acceptors (Lipinski definition) is 7. The van der Waals surface area contributed by atoms with Gasteiger partial charge in [0.25, 0.3) is 11.1 Å². The van der Waals surface area contributed by atoms with Crippen LogP contribution in [-0.2, 0) is 14.3 Å². The van der Waals surface area contributed by atoms with Crippen LogP contribution in [0.1, 0.15) is 28.4 Å². The minimum Gasteiger partial charge on any atom is -0.496 e. The number of benzene rings is 2. The molecule has 172 valence electrons. The van der Waals surface area contributed by atoms with Gasteiger partial charge in [-0.1, -0.05) is 23.7 Å². The molecule has 0 aromatic heterocycles. The summed E-state index contributed by atoms with van der Waals surface area (Å²) in [6.07, 6.45) is 1.58. The van der Waals surface area contributed by atoms with Gasteiger partial charge in [0, 0.05) is 5.69 Å². The second-order valence-electron chi connectivity index (χ2n) is 6.96. The van der Waals surface area contributed by atoms with Crippen LogP contribution >= 0.6 is 23.4 Å². The largest absolute Gasteiger partial charge is 0.496 e. The number of imide groups is 1. The number of halogens is 1. The summed E-state index contributed by atoms with van der Waals surface area (Å²) in [5.41, 5.74) is 2.01. The van der Waals surface area contributed by atoms with Gasteiger partial charge in [-0.25, -0.2) is 4.79 Å². The van der Waals surface area contributed by atoms with Crippen LogP contribution < -0.4 is 10.1 Å². The third-order valence-electron chi connectivity index (χ3n) is 4.65. The van der Waals surface area contributed by atoms with Crippen molar-refractivity contribution in [3.05, 3.63) is 63.0 Å². The summed E-state index contributed by atoms with van der Waals surface area (Å²) in [6.45, 7) is 3.26. The van der Waals surface area contributed by atoms with E-state index in [1.54, 1.807) is 32.2 Å². The predicted octanol–water partition coefficient (Wildman–Crippen LogP) is 4.51. The Kier molecular flexibility index (Phi) is 7.78. The van der Waals surface area contributed by atoms with Gasteiger partial charge in [0.05, 0.1) is 29.2 Å². The quantitative estimate of drug-likeness (QED) is 0.452. The highest BCUT2D eigenvalue weighted by Crippen LogP contribution is 2.33. The first-order chi connectivity index (χ1) is 15.7. The molecule has 0 radical (unpaired) electrons. The summed E-state index contributed by atoms with van der Waals surface area (Å²) in [7, 11) is 1.55. The fraction of sp³-hybridized carbons (Fsp3) is 0.217. The summed E-state index contributed by atoms with van der Waals surface area (Å²) in [5.74, 6) is -1.13. The van der Waals surface area contributed by atoms with Gasteiger partial charge in [0.15, 0.2) is 0 Å². The second-order valence-corrected chi connectivity index (χ2v) is 8.36. The Balaban J connectivity index is 1.71. The Morgan fingerprint density at radius 2 is 1.94 bits per heavy atom. The van der Waals surface area contributed by atoms with Crippen molar-refractivity contribution < 1.29 is 28.7 Å². The van der Waals surface area contributed by atoms with Crippen molar-refractivity contribution in [2.45, 2.75) is 13.8 Å². The van der Waals surface area contributed by atoms with Gasteiger partial charge in [-0.15, -0.1) is 0 Å². The lowest BCUT2D eigenvalue weighted by molar-refractivity contribution is -0.127. The molecule has 1 N–H and O–H groups in total. The lowest BCUT2D eigenvalue weighted by Gasteiger charge is -2.13. The van der Waals surface area contributed by atoms with Crippen molar-refractivity contribution in [3.8, 4) is 5.75 Å². The predicted molar refractivity (Wildman–Crippen MR) is 126 cm³/mol. The molecule has 0 saturated carbocycles. The van der Waals surface area contributed by atoms with Crippen LogP contribution in [0.5, 0.6) is 5.75 Å². The number of hydrogen-bond donors (Lipinski definition) is 1. The van der Waals surface area contributed by atoms with E-state index >= 15 is 0 Å². The number of aryl methyl sites for hydroxylation is 1. The molecular weight excluding hydrogens is 468 g/mol. The minimum atomic E-state index is -0.623. The number of thioether (sulfide) groups is 1. The van der Waals surface area contributed by atoms with Crippen molar-refractivity contribution in [1.82, 2.24) is 4.90 Å². The monoisotopic (exact) mass is 488 g/mol. The Labute approximate surface area is 199 Å². The number of ether oxygens (including phenoxy) is 2. The summed E-state index contributed by atoms with van der Waals surface area (Å²) in [4.78, 5) is 50.6. The summed E-state index contributed by atoms with van der Waals surface area (Å²) < 4.78 is 10.2. The Morgan fingerprint density at radius 1 is 1.18 bits per heavy atom. The number of esters is 1. The zero-order chi connectivity index (χ0) is 24.1. The fourth-order valence-electron chi connectivity index (χ4n) is 3.03. The van der Waals surface area contributed by atoms with Gasteiger partial charge in [0.2, 0.25) is 5.91 Å². The maximum absolute atomic E-state index is 12.7. The molecule has 0 unspecified atom stereocenters. The van der Waals surface area contributed by atoms with Crippen molar-refractivity contribution in [2.24, 2.45) is 0 Å². The first kappa shape index (κ1) is 24.3. The summed E-state index contributed by atoms with van der Waals surface area (Å²) in [5, 5.41) is 2.19. The standard InChI is InChI=1S/C23H21ClN2O6S/c1-4-32-22(29)16-11-15(7-8-17(16)24)25-20(27)12-26-21(28)19(33-23(26)30)10-14-6-5-13(2)18(9-14)31-3/h5-11H,4,12H2,1-3H3,(H,25,27)/b19-10+. The number of nitrogens with zero attached hydrogens (tertiary/aromatic N) is 1. The number of carbonyl (C=O) groups excluding carboxylic acids is 4. The maximum atomic E-state index is 12.7. The molecule has 3 rings (SSSR count). The molecule has 1 heterocycles. The van der Waals surface area contributed by atoms with E-state index in [0.717, 1.165) is 22.2 Å². The number of rotatable bonds is 7. The third kappa shape index (κ3) is 5.74. The van der Waals surface area contributed by atoms with Crippen LogP contribution in [0, 0.1) is 6.92 Å². The molecule has 1 aliphatic heterocycles. The Bertz CT molecular complexity index is 1160. The van der Waals surface area contributed by atoms with Crippen molar-refractivity contribution >= 4 is 58.1 Å². The maximum Gasteiger partial charge on any atom is 0.339 e. The van der Waals surface area contributed by atoms with Gasteiger partial charge >= 0.3 is 5.97 Å². The van der Waals surface area contributed by atoms with Crippen LogP contribution in [0.4, 0.5) is 10.5 Å². The SMILES string of the molecule is CCOC(=O)c1cc(NC(=O)CN2C(=O)S/C(=C/c3ccc(C)c(OC)c3)C2=O)ccc1Cl. The average molecular weight is 489 g/mol. The lowest BCUT2D eigenvalue weighted by Crippen LogP contribution is -2.36. The Morgan fingerprint density at radius 3 is 2.64 bits per heavy atom. The molecule has 8 nitrogen and oxygen atoms in total. The van der Waals surface area contributed by atoms with Crippen LogP contribution in [0.3, 0.4) is 0 Å². The van der Waals surface area contributed by atoms with E-state index in [1.165, 1.54) is 18.2 Å². The summed E-state index contributed by atoms with van der Waals surface area (Å²) >= 11 is 6.78. The van der Waals surface area contributed by atoms with E-state index in [1.807, 2.05) is 13.0 Å². The zero-order valence-electron chi connectivity index (χ0n) is 18.1. The van der Waals surface area contributed by atoms with Gasteiger partial charge in [-0.3, -0.25) is 19.3 Å². The fourth-order valence-corrected chi connectivity index (χ4v) is 4.06. The third-order valence-corrected chi connectivity index (χ3v) is 5.89. The topological polar surface area (TPSA) is 102 Å². The van der Waals surface area contributed by atoms with Crippen LogP contribution in [-0.4, -0.2) is 48.2 Å². The van der Waals surface area contributed by atoms with Gasteiger partial charge in [-0.05, 0) is 67.1 Å². The molecule has 0 aliphatic carbocycles. The highest BCUT2D eigenvalue weighted by Gasteiger charge is 2.36.